The van der Waals surface area contributed by atoms with Gasteiger partial charge in [-0.25, -0.2) is 0 Å². The van der Waals surface area contributed by atoms with Gasteiger partial charge in [0.15, 0.2) is 0 Å². The first kappa shape index (κ1) is 14.8. The highest BCUT2D eigenvalue weighted by Crippen LogP contribution is 2.34. The summed E-state index contributed by atoms with van der Waals surface area (Å²) in [7, 11) is 0. The Labute approximate surface area is 119 Å². The number of aliphatic hydroxyl groups is 1. The van der Waals surface area contributed by atoms with Crippen LogP contribution in [0.15, 0.2) is 35.5 Å². The van der Waals surface area contributed by atoms with Crippen LogP contribution in [0.25, 0.3) is 0 Å². The number of likely N-dealkylation sites (tertiary alicyclic amines) is 1. The van der Waals surface area contributed by atoms with Crippen molar-refractivity contribution >= 4 is 5.84 Å². The van der Waals surface area contributed by atoms with E-state index in [9.17, 15) is 5.11 Å². The number of nitrogens with two attached hydrogens (primary N) is 1. The highest BCUT2D eigenvalue weighted by Gasteiger charge is 2.36. The van der Waals surface area contributed by atoms with E-state index >= 15 is 0 Å². The van der Waals surface area contributed by atoms with Gasteiger partial charge in [-0.05, 0) is 24.4 Å². The zero-order valence-electron chi connectivity index (χ0n) is 11.8. The Morgan fingerprint density at radius 3 is 2.75 bits per heavy atom. The summed E-state index contributed by atoms with van der Waals surface area (Å²) in [4.78, 5) is 2.28. The van der Waals surface area contributed by atoms with Gasteiger partial charge in [-0.15, -0.1) is 0 Å². The average Bonchev–Trinajstić information content (AvgIpc) is 2.86. The molecule has 5 heteroatoms. The number of benzene rings is 1. The molecule has 4 N–H and O–H groups in total. The molecule has 110 valence electrons. The summed E-state index contributed by atoms with van der Waals surface area (Å²) in [5.74, 6) is 0.675. The third kappa shape index (κ3) is 3.11. The van der Waals surface area contributed by atoms with Crippen LogP contribution in [0.2, 0.25) is 0 Å². The van der Waals surface area contributed by atoms with Crippen LogP contribution in [0.4, 0.5) is 0 Å². The summed E-state index contributed by atoms with van der Waals surface area (Å²) in [5.41, 5.74) is 6.84. The molecule has 5 nitrogen and oxygen atoms in total. The van der Waals surface area contributed by atoms with Crippen molar-refractivity contribution in [1.82, 2.24) is 4.90 Å². The van der Waals surface area contributed by atoms with Crippen LogP contribution in [-0.2, 0) is 0 Å². The van der Waals surface area contributed by atoms with E-state index in [2.05, 4.69) is 17.0 Å². The zero-order valence-corrected chi connectivity index (χ0v) is 11.8. The van der Waals surface area contributed by atoms with Gasteiger partial charge >= 0.3 is 0 Å². The Kier molecular flexibility index (Phi) is 4.98. The quantitative estimate of drug-likeness (QED) is 0.330. The van der Waals surface area contributed by atoms with Crippen molar-refractivity contribution in [2.45, 2.75) is 31.8 Å². The van der Waals surface area contributed by atoms with Crippen molar-refractivity contribution in [2.75, 3.05) is 13.2 Å². The van der Waals surface area contributed by atoms with Gasteiger partial charge < -0.3 is 16.0 Å². The lowest BCUT2D eigenvalue weighted by Crippen LogP contribution is -2.39. The molecule has 1 heterocycles. The lowest BCUT2D eigenvalue weighted by molar-refractivity contribution is 0.104. The highest BCUT2D eigenvalue weighted by molar-refractivity contribution is 5.80. The Morgan fingerprint density at radius 2 is 2.15 bits per heavy atom. The molecule has 1 aliphatic heterocycles. The molecule has 20 heavy (non-hydrogen) atoms. The van der Waals surface area contributed by atoms with E-state index in [1.54, 1.807) is 0 Å². The van der Waals surface area contributed by atoms with E-state index in [0.29, 0.717) is 12.3 Å². The fraction of sp³-hybridized carbons (Fsp3) is 0.533. The molecular formula is C15H23N3O2. The molecule has 1 saturated heterocycles. The van der Waals surface area contributed by atoms with Crippen LogP contribution >= 0.6 is 0 Å². The number of rotatable bonds is 5. The number of hydrogen-bond donors (Lipinski definition) is 3. The summed E-state index contributed by atoms with van der Waals surface area (Å²) in [6.45, 7) is 3.22. The van der Waals surface area contributed by atoms with Crippen molar-refractivity contribution in [2.24, 2.45) is 16.8 Å². The highest BCUT2D eigenvalue weighted by atomic mass is 16.4. The molecule has 0 bridgehead atoms. The van der Waals surface area contributed by atoms with Gasteiger partial charge in [0.1, 0.15) is 5.84 Å². The lowest BCUT2D eigenvalue weighted by atomic mass is 9.98. The molecule has 1 aliphatic rings. The number of oxime groups is 1. The molecule has 0 radical (unpaired) electrons. The number of nitrogens with zero attached hydrogens (tertiary/aromatic N) is 2. The Hall–Kier alpha value is -1.59. The second kappa shape index (κ2) is 6.72. The summed E-state index contributed by atoms with van der Waals surface area (Å²) >= 11 is 0. The maximum Gasteiger partial charge on any atom is 0.141 e. The lowest BCUT2D eigenvalue weighted by Gasteiger charge is -2.33. The van der Waals surface area contributed by atoms with E-state index in [0.717, 1.165) is 18.5 Å². The first-order valence-electron chi connectivity index (χ1n) is 7.05. The van der Waals surface area contributed by atoms with E-state index in [-0.39, 0.29) is 24.5 Å². The van der Waals surface area contributed by atoms with Crippen LogP contribution < -0.4 is 5.73 Å². The van der Waals surface area contributed by atoms with Crippen LogP contribution in [0.3, 0.4) is 0 Å². The van der Waals surface area contributed by atoms with Gasteiger partial charge in [0.2, 0.25) is 0 Å². The van der Waals surface area contributed by atoms with Crippen LogP contribution in [-0.4, -0.2) is 40.2 Å². The first-order valence-corrected chi connectivity index (χ1v) is 7.05. The fourth-order valence-corrected chi connectivity index (χ4v) is 3.05. The summed E-state index contributed by atoms with van der Waals surface area (Å²) in [6, 6.07) is 10.2. The third-order valence-electron chi connectivity index (χ3n) is 4.23. The van der Waals surface area contributed by atoms with Gasteiger partial charge in [0.25, 0.3) is 0 Å². The minimum Gasteiger partial charge on any atom is -0.409 e. The Bertz CT molecular complexity index is 450. The number of hydrogen-bond acceptors (Lipinski definition) is 4. The van der Waals surface area contributed by atoms with Crippen LogP contribution in [0.1, 0.15) is 31.4 Å². The zero-order chi connectivity index (χ0) is 14.5. The summed E-state index contributed by atoms with van der Waals surface area (Å²) in [5, 5.41) is 21.6. The van der Waals surface area contributed by atoms with Crippen molar-refractivity contribution < 1.29 is 10.3 Å². The van der Waals surface area contributed by atoms with Crippen molar-refractivity contribution in [1.29, 1.82) is 0 Å². The predicted molar refractivity (Wildman–Crippen MR) is 78.6 cm³/mol. The Morgan fingerprint density at radius 1 is 1.45 bits per heavy atom. The topological polar surface area (TPSA) is 82.1 Å². The van der Waals surface area contributed by atoms with Gasteiger partial charge in [0.05, 0.1) is 6.61 Å². The van der Waals surface area contributed by atoms with E-state index < -0.39 is 0 Å². The van der Waals surface area contributed by atoms with Crippen molar-refractivity contribution in [3.63, 3.8) is 0 Å². The van der Waals surface area contributed by atoms with Crippen molar-refractivity contribution in [3.05, 3.63) is 35.9 Å². The molecule has 1 fully saturated rings. The average molecular weight is 277 g/mol. The van der Waals surface area contributed by atoms with Crippen molar-refractivity contribution in [3.8, 4) is 0 Å². The largest absolute Gasteiger partial charge is 0.409 e. The summed E-state index contributed by atoms with van der Waals surface area (Å²) < 4.78 is 0. The smallest absolute Gasteiger partial charge is 0.141 e. The first-order chi connectivity index (χ1) is 9.67. The van der Waals surface area contributed by atoms with E-state index in [1.165, 1.54) is 0 Å². The molecule has 0 saturated carbocycles. The second-order valence-corrected chi connectivity index (χ2v) is 5.48. The fourth-order valence-electron chi connectivity index (χ4n) is 3.05. The molecule has 1 aromatic rings. The van der Waals surface area contributed by atoms with Gasteiger partial charge in [0, 0.05) is 18.5 Å². The van der Waals surface area contributed by atoms with E-state index in [1.807, 2.05) is 30.3 Å². The molecule has 1 aromatic carbocycles. The molecule has 0 aromatic heterocycles. The standard InChI is InChI=1S/C15H23N3O2/c1-11-7-8-18(14(11)10-19)13(9-15(16)17-20)12-5-3-2-4-6-12/h2-6,11,13-14,19-20H,7-10H2,1H3,(H2,16,17). The van der Waals surface area contributed by atoms with E-state index in [4.69, 9.17) is 10.9 Å². The third-order valence-corrected chi connectivity index (χ3v) is 4.23. The maximum absolute atomic E-state index is 9.64. The molecule has 0 amide bonds. The molecule has 3 atom stereocenters. The molecule has 3 unspecified atom stereocenters. The second-order valence-electron chi connectivity index (χ2n) is 5.48. The minimum atomic E-state index is 0.0363. The maximum atomic E-state index is 9.64. The molecule has 0 spiro atoms. The molecule has 2 rings (SSSR count). The summed E-state index contributed by atoms with van der Waals surface area (Å²) in [6.07, 6.45) is 1.52. The van der Waals surface area contributed by atoms with Gasteiger partial charge in [-0.1, -0.05) is 42.4 Å². The minimum absolute atomic E-state index is 0.0363. The normalized spacial score (nSPS) is 25.8. The number of amidine groups is 1. The molecule has 0 aliphatic carbocycles. The number of aliphatic hydroxyl groups excluding tert-OH is 1. The van der Waals surface area contributed by atoms with Crippen LogP contribution in [0, 0.1) is 5.92 Å². The Balaban J connectivity index is 2.27. The van der Waals surface area contributed by atoms with Gasteiger partial charge in [-0.2, -0.15) is 0 Å². The predicted octanol–water partition coefficient (Wildman–Crippen LogP) is 1.57. The van der Waals surface area contributed by atoms with Crippen LogP contribution in [0.5, 0.6) is 0 Å². The van der Waals surface area contributed by atoms with Gasteiger partial charge in [-0.3, -0.25) is 4.90 Å². The molecular weight excluding hydrogens is 254 g/mol. The SMILES string of the molecule is CC1CCN(C(C/C(N)=N/O)c2ccccc2)C1CO. The monoisotopic (exact) mass is 277 g/mol.